The van der Waals surface area contributed by atoms with Gasteiger partial charge in [0.05, 0.1) is 0 Å². The van der Waals surface area contributed by atoms with E-state index in [4.69, 9.17) is 9.84 Å². The van der Waals surface area contributed by atoms with Crippen molar-refractivity contribution in [3.63, 3.8) is 0 Å². The Balaban J connectivity index is 2.38. The van der Waals surface area contributed by atoms with E-state index in [2.05, 4.69) is 4.98 Å². The summed E-state index contributed by atoms with van der Waals surface area (Å²) in [5.74, 6) is 1.92. The van der Waals surface area contributed by atoms with E-state index in [1.165, 1.54) is 16.8 Å². The van der Waals surface area contributed by atoms with Crippen molar-refractivity contribution in [2.24, 2.45) is 0 Å². The van der Waals surface area contributed by atoms with Crippen LogP contribution in [-0.2, 0) is 4.74 Å². The fraction of sp³-hybridized carbons (Fsp3) is 0.600. The van der Waals surface area contributed by atoms with Crippen LogP contribution >= 0.6 is 0 Å². The summed E-state index contributed by atoms with van der Waals surface area (Å²) in [4.78, 5) is 24.6. The molecule has 0 unspecified atom stereocenters. The Bertz CT molecular complexity index is 527. The first-order valence-electron chi connectivity index (χ1n) is 5.37. The minimum atomic E-state index is -0.802. The van der Waals surface area contributed by atoms with Crippen molar-refractivity contribution in [2.45, 2.75) is 29.1 Å². The van der Waals surface area contributed by atoms with Crippen LogP contribution in [0.2, 0.25) is 10.6 Å². The first kappa shape index (κ1) is 13.5. The maximum absolute atomic E-state index is 11.7. The SMILES string of the molecule is C[Se][C@H]1[C@H](O)[C@@H](CO)O[C@H]1n1ccc(=O)[nH]c1=O. The molecular formula is C10H14N2O5Se. The third-order valence-electron chi connectivity index (χ3n) is 2.89. The molecule has 0 aromatic carbocycles. The fourth-order valence-electron chi connectivity index (χ4n) is 1.98. The van der Waals surface area contributed by atoms with Crippen molar-refractivity contribution < 1.29 is 14.9 Å². The molecule has 4 atom stereocenters. The molecule has 1 aromatic heterocycles. The predicted molar refractivity (Wildman–Crippen MR) is 63.7 cm³/mol. The zero-order chi connectivity index (χ0) is 13.3. The normalized spacial score (nSPS) is 31.7. The monoisotopic (exact) mass is 322 g/mol. The Morgan fingerprint density at radius 1 is 1.56 bits per heavy atom. The number of aromatic nitrogens is 2. The van der Waals surface area contributed by atoms with Crippen LogP contribution in [0, 0.1) is 0 Å². The number of aromatic amines is 1. The number of nitrogens with one attached hydrogen (secondary N) is 1. The number of aliphatic hydroxyl groups excluding tert-OH is 2. The minimum absolute atomic E-state index is 0.0313. The standard InChI is InChI=1S/C10H14N2O5Se/c1-18-8-7(15)5(4-13)17-9(8)12-3-2-6(14)11-10(12)16/h2-3,5,7-9,13,15H,4H2,1H3,(H,11,14,16)/t5-,7-,8+,9-/m1/s1. The van der Waals surface area contributed by atoms with Gasteiger partial charge in [0.1, 0.15) is 0 Å². The molecule has 18 heavy (non-hydrogen) atoms. The van der Waals surface area contributed by atoms with Gasteiger partial charge in [0.25, 0.3) is 0 Å². The molecule has 8 heteroatoms. The Morgan fingerprint density at radius 2 is 2.28 bits per heavy atom. The number of hydrogen-bond donors (Lipinski definition) is 3. The molecule has 1 saturated heterocycles. The van der Waals surface area contributed by atoms with Gasteiger partial charge in [0, 0.05) is 0 Å². The van der Waals surface area contributed by atoms with Crippen LogP contribution in [0.25, 0.3) is 0 Å². The number of nitrogens with zero attached hydrogens (tertiary/aromatic N) is 1. The Hall–Kier alpha value is -0.921. The number of H-pyrrole nitrogens is 1. The van der Waals surface area contributed by atoms with E-state index in [-0.39, 0.29) is 26.4 Å². The first-order valence-corrected chi connectivity index (χ1v) is 8.07. The van der Waals surface area contributed by atoms with E-state index >= 15 is 0 Å². The van der Waals surface area contributed by atoms with Crippen molar-refractivity contribution in [2.75, 3.05) is 6.61 Å². The van der Waals surface area contributed by atoms with Gasteiger partial charge in [-0.15, -0.1) is 0 Å². The fourth-order valence-corrected chi connectivity index (χ4v) is 3.83. The van der Waals surface area contributed by atoms with E-state index in [0.717, 1.165) is 0 Å². The maximum atomic E-state index is 11.7. The molecule has 1 aliphatic heterocycles. The van der Waals surface area contributed by atoms with Gasteiger partial charge >= 0.3 is 108 Å². The molecule has 0 radical (unpaired) electrons. The molecule has 0 spiro atoms. The van der Waals surface area contributed by atoms with E-state index in [1.54, 1.807) is 0 Å². The number of aliphatic hydroxyl groups is 2. The van der Waals surface area contributed by atoms with E-state index in [1.807, 2.05) is 5.82 Å². The summed E-state index contributed by atoms with van der Waals surface area (Å²) in [6, 6.07) is 1.23. The van der Waals surface area contributed by atoms with Crippen molar-refractivity contribution in [3.05, 3.63) is 33.1 Å². The number of hydrogen-bond acceptors (Lipinski definition) is 5. The first-order chi connectivity index (χ1) is 8.58. The average Bonchev–Trinajstić information content (AvgIpc) is 2.65. The Kier molecular flexibility index (Phi) is 4.03. The number of ether oxygens (including phenoxy) is 1. The molecule has 100 valence electrons. The van der Waals surface area contributed by atoms with Crippen LogP contribution in [0.5, 0.6) is 0 Å². The van der Waals surface area contributed by atoms with Crippen LogP contribution in [0.3, 0.4) is 0 Å². The van der Waals surface area contributed by atoms with Gasteiger partial charge in [-0.1, -0.05) is 0 Å². The molecule has 0 saturated carbocycles. The van der Waals surface area contributed by atoms with Crippen LogP contribution in [0.4, 0.5) is 0 Å². The van der Waals surface area contributed by atoms with Crippen molar-refractivity contribution in [1.82, 2.24) is 9.55 Å². The van der Waals surface area contributed by atoms with Crippen molar-refractivity contribution >= 4 is 15.0 Å². The summed E-state index contributed by atoms with van der Waals surface area (Å²) in [5.41, 5.74) is -1.06. The van der Waals surface area contributed by atoms with E-state index in [9.17, 15) is 14.7 Å². The second-order valence-corrected chi connectivity index (χ2v) is 6.09. The van der Waals surface area contributed by atoms with Crippen LogP contribution < -0.4 is 11.2 Å². The summed E-state index contributed by atoms with van der Waals surface area (Å²) in [6.45, 7) is -0.303. The van der Waals surface area contributed by atoms with Gasteiger partial charge in [-0.3, -0.25) is 0 Å². The van der Waals surface area contributed by atoms with Crippen molar-refractivity contribution in [3.8, 4) is 0 Å². The molecule has 1 aliphatic rings. The molecular weight excluding hydrogens is 307 g/mol. The summed E-state index contributed by atoms with van der Waals surface area (Å²) in [5, 5.41) is 19.1. The third-order valence-corrected chi connectivity index (χ3v) is 5.11. The molecule has 1 fully saturated rings. The Labute approximate surface area is 109 Å². The van der Waals surface area contributed by atoms with Gasteiger partial charge in [-0.25, -0.2) is 0 Å². The zero-order valence-corrected chi connectivity index (χ0v) is 11.4. The number of rotatable bonds is 3. The molecule has 0 amide bonds. The Morgan fingerprint density at radius 3 is 2.83 bits per heavy atom. The predicted octanol–water partition coefficient (Wildman–Crippen LogP) is -1.67. The molecule has 0 aliphatic carbocycles. The van der Waals surface area contributed by atoms with Gasteiger partial charge in [0.2, 0.25) is 0 Å². The average molecular weight is 321 g/mol. The quantitative estimate of drug-likeness (QED) is 0.577. The van der Waals surface area contributed by atoms with Gasteiger partial charge in [0.15, 0.2) is 0 Å². The van der Waals surface area contributed by atoms with Crippen molar-refractivity contribution in [1.29, 1.82) is 0 Å². The van der Waals surface area contributed by atoms with Crippen LogP contribution in [0.15, 0.2) is 21.9 Å². The summed E-state index contributed by atoms with van der Waals surface area (Å²) in [7, 11) is 0. The second-order valence-electron chi connectivity index (χ2n) is 3.96. The van der Waals surface area contributed by atoms with Crippen LogP contribution in [0.1, 0.15) is 6.23 Å². The van der Waals surface area contributed by atoms with Gasteiger partial charge in [-0.05, 0) is 0 Å². The molecule has 7 nitrogen and oxygen atoms in total. The molecule has 0 bridgehead atoms. The van der Waals surface area contributed by atoms with E-state index in [0.29, 0.717) is 0 Å². The molecule has 2 rings (SSSR count). The molecule has 2 heterocycles. The molecule has 3 N–H and O–H groups in total. The third kappa shape index (κ3) is 2.30. The summed E-state index contributed by atoms with van der Waals surface area (Å²) < 4.78 is 6.74. The molecule has 1 aromatic rings. The topological polar surface area (TPSA) is 105 Å². The zero-order valence-electron chi connectivity index (χ0n) is 9.65. The van der Waals surface area contributed by atoms with E-state index < -0.39 is 29.7 Å². The van der Waals surface area contributed by atoms with Crippen LogP contribution in [-0.4, -0.2) is 53.5 Å². The van der Waals surface area contributed by atoms with Gasteiger partial charge in [-0.2, -0.15) is 0 Å². The second kappa shape index (κ2) is 5.38. The summed E-state index contributed by atoms with van der Waals surface area (Å²) in [6.07, 6.45) is -0.798. The summed E-state index contributed by atoms with van der Waals surface area (Å²) >= 11 is 0.0313. The van der Waals surface area contributed by atoms with Gasteiger partial charge < -0.3 is 0 Å².